The van der Waals surface area contributed by atoms with E-state index in [0.29, 0.717) is 28.0 Å². The van der Waals surface area contributed by atoms with Crippen molar-refractivity contribution in [1.29, 1.82) is 0 Å². The van der Waals surface area contributed by atoms with Gasteiger partial charge < -0.3 is 10.5 Å². The predicted molar refractivity (Wildman–Crippen MR) is 91.1 cm³/mol. The van der Waals surface area contributed by atoms with Gasteiger partial charge in [0.15, 0.2) is 5.69 Å². The number of H-pyrrole nitrogens is 1. The summed E-state index contributed by atoms with van der Waals surface area (Å²) in [6.45, 7) is 0.315. The minimum Gasteiger partial charge on any atom is -0.488 e. The molecule has 0 aliphatic rings. The summed E-state index contributed by atoms with van der Waals surface area (Å²) in [6.07, 6.45) is 0. The zero-order valence-corrected chi connectivity index (χ0v) is 13.8. The van der Waals surface area contributed by atoms with Crippen LogP contribution in [0, 0.1) is 0 Å². The van der Waals surface area contributed by atoms with E-state index in [0.717, 1.165) is 5.56 Å². The first-order valence-corrected chi connectivity index (χ1v) is 7.68. The first-order chi connectivity index (χ1) is 11.5. The zero-order valence-electron chi connectivity index (χ0n) is 12.3. The molecule has 0 aliphatic heterocycles. The standard InChI is InChI=1S/C16H12Cl2N4O2/c17-10-3-1-9(2-4-10)8-24-13-6-5-11(18)7-12(13)14-15(16(19)23)21-22-20-14/h1-7H,8H2,(H2,19,23)(H,20,21,22). The van der Waals surface area contributed by atoms with Crippen LogP contribution in [0.1, 0.15) is 16.1 Å². The summed E-state index contributed by atoms with van der Waals surface area (Å²) in [7, 11) is 0. The zero-order chi connectivity index (χ0) is 17.1. The molecule has 8 heteroatoms. The Morgan fingerprint density at radius 3 is 2.50 bits per heavy atom. The molecule has 0 spiro atoms. The third-order valence-corrected chi connectivity index (χ3v) is 3.77. The van der Waals surface area contributed by atoms with Crippen LogP contribution in [0.25, 0.3) is 11.3 Å². The third-order valence-electron chi connectivity index (χ3n) is 3.29. The van der Waals surface area contributed by atoms with Crippen molar-refractivity contribution in [3.63, 3.8) is 0 Å². The molecule has 3 aromatic rings. The molecule has 0 fully saturated rings. The summed E-state index contributed by atoms with van der Waals surface area (Å²) in [5.74, 6) is -0.187. The second-order valence-corrected chi connectivity index (χ2v) is 5.81. The fourth-order valence-electron chi connectivity index (χ4n) is 2.15. The number of primary amides is 1. The molecule has 1 aromatic heterocycles. The Balaban J connectivity index is 1.92. The summed E-state index contributed by atoms with van der Waals surface area (Å²) in [6, 6.07) is 12.3. The van der Waals surface area contributed by atoms with E-state index in [1.165, 1.54) is 0 Å². The van der Waals surface area contributed by atoms with Gasteiger partial charge in [-0.3, -0.25) is 4.79 Å². The van der Waals surface area contributed by atoms with Gasteiger partial charge in [0.1, 0.15) is 18.1 Å². The maximum absolute atomic E-state index is 11.5. The minimum absolute atomic E-state index is 0.0219. The second-order valence-electron chi connectivity index (χ2n) is 4.94. The summed E-state index contributed by atoms with van der Waals surface area (Å²) < 4.78 is 5.84. The summed E-state index contributed by atoms with van der Waals surface area (Å²) in [5, 5.41) is 11.3. The molecule has 2 aromatic carbocycles. The number of nitrogens with two attached hydrogens (primary N) is 1. The first-order valence-electron chi connectivity index (χ1n) is 6.92. The smallest absolute Gasteiger partial charge is 0.271 e. The molecule has 0 saturated carbocycles. The second kappa shape index (κ2) is 6.90. The van der Waals surface area contributed by atoms with Crippen molar-refractivity contribution >= 4 is 29.1 Å². The van der Waals surface area contributed by atoms with E-state index in [4.69, 9.17) is 33.7 Å². The Kier molecular flexibility index (Phi) is 4.69. The van der Waals surface area contributed by atoms with E-state index in [-0.39, 0.29) is 11.4 Å². The molecule has 24 heavy (non-hydrogen) atoms. The lowest BCUT2D eigenvalue weighted by atomic mass is 10.1. The van der Waals surface area contributed by atoms with Crippen molar-refractivity contribution < 1.29 is 9.53 Å². The lowest BCUT2D eigenvalue weighted by Crippen LogP contribution is -2.13. The Hall–Kier alpha value is -2.57. The summed E-state index contributed by atoms with van der Waals surface area (Å²) in [4.78, 5) is 11.5. The maximum atomic E-state index is 11.5. The highest BCUT2D eigenvalue weighted by atomic mass is 35.5. The van der Waals surface area contributed by atoms with Crippen molar-refractivity contribution in [1.82, 2.24) is 15.4 Å². The highest BCUT2D eigenvalue weighted by molar-refractivity contribution is 6.31. The molecule has 6 nitrogen and oxygen atoms in total. The molecule has 0 aliphatic carbocycles. The normalized spacial score (nSPS) is 10.6. The average molecular weight is 363 g/mol. The Labute approximate surface area is 147 Å². The molecule has 0 bridgehead atoms. The van der Waals surface area contributed by atoms with Crippen molar-refractivity contribution in [2.24, 2.45) is 5.73 Å². The Bertz CT molecular complexity index is 878. The van der Waals surface area contributed by atoms with Gasteiger partial charge in [-0.25, -0.2) is 0 Å². The van der Waals surface area contributed by atoms with Gasteiger partial charge in [-0.1, -0.05) is 35.3 Å². The summed E-state index contributed by atoms with van der Waals surface area (Å²) in [5.41, 5.74) is 7.09. The quantitative estimate of drug-likeness (QED) is 0.726. The van der Waals surface area contributed by atoms with Crippen molar-refractivity contribution in [2.45, 2.75) is 6.61 Å². The topological polar surface area (TPSA) is 93.9 Å². The van der Waals surface area contributed by atoms with Gasteiger partial charge in [-0.2, -0.15) is 15.4 Å². The molecule has 3 N–H and O–H groups in total. The van der Waals surface area contributed by atoms with Crippen LogP contribution in [0.15, 0.2) is 42.5 Å². The van der Waals surface area contributed by atoms with E-state index in [1.807, 2.05) is 12.1 Å². The maximum Gasteiger partial charge on any atom is 0.271 e. The van der Waals surface area contributed by atoms with Crippen LogP contribution in [-0.4, -0.2) is 21.3 Å². The largest absolute Gasteiger partial charge is 0.488 e. The molecule has 0 atom stereocenters. The number of carbonyl (C=O) groups excluding carboxylic acids is 1. The number of nitrogens with zero attached hydrogens (tertiary/aromatic N) is 2. The highest BCUT2D eigenvalue weighted by Gasteiger charge is 2.19. The fraction of sp³-hybridized carbons (Fsp3) is 0.0625. The number of aromatic amines is 1. The van der Waals surface area contributed by atoms with Crippen LogP contribution < -0.4 is 10.5 Å². The number of hydrogen-bond donors (Lipinski definition) is 2. The SMILES string of the molecule is NC(=O)c1n[nH]nc1-c1cc(Cl)ccc1OCc1ccc(Cl)cc1. The number of nitrogens with one attached hydrogen (secondary N) is 1. The van der Waals surface area contributed by atoms with Crippen LogP contribution in [0.2, 0.25) is 10.0 Å². The van der Waals surface area contributed by atoms with Crippen LogP contribution >= 0.6 is 23.2 Å². The number of amides is 1. The van der Waals surface area contributed by atoms with Crippen LogP contribution in [0.5, 0.6) is 5.75 Å². The van der Waals surface area contributed by atoms with Crippen LogP contribution in [-0.2, 0) is 6.61 Å². The van der Waals surface area contributed by atoms with Crippen molar-refractivity contribution in [3.05, 3.63) is 63.8 Å². The first kappa shape index (κ1) is 16.3. The van der Waals surface area contributed by atoms with Gasteiger partial charge >= 0.3 is 0 Å². The number of rotatable bonds is 5. The lowest BCUT2D eigenvalue weighted by Gasteiger charge is -2.11. The van der Waals surface area contributed by atoms with Gasteiger partial charge in [-0.15, -0.1) is 0 Å². The molecule has 3 rings (SSSR count). The number of halogens is 2. The minimum atomic E-state index is -0.692. The van der Waals surface area contributed by atoms with Crippen molar-refractivity contribution in [2.75, 3.05) is 0 Å². The van der Waals surface area contributed by atoms with Gasteiger partial charge in [-0.05, 0) is 35.9 Å². The van der Waals surface area contributed by atoms with Gasteiger partial charge in [0.2, 0.25) is 0 Å². The van der Waals surface area contributed by atoms with Gasteiger partial charge in [0, 0.05) is 15.6 Å². The van der Waals surface area contributed by atoms with E-state index in [2.05, 4.69) is 15.4 Å². The summed E-state index contributed by atoms with van der Waals surface area (Å²) >= 11 is 11.9. The van der Waals surface area contributed by atoms with Gasteiger partial charge in [0.05, 0.1) is 0 Å². The molecular formula is C16H12Cl2N4O2. The van der Waals surface area contributed by atoms with E-state index in [9.17, 15) is 4.79 Å². The number of carbonyl (C=O) groups is 1. The van der Waals surface area contributed by atoms with Crippen molar-refractivity contribution in [3.8, 4) is 17.0 Å². The van der Waals surface area contributed by atoms with E-state index >= 15 is 0 Å². The lowest BCUT2D eigenvalue weighted by molar-refractivity contribution is 0.0996. The van der Waals surface area contributed by atoms with Gasteiger partial charge in [0.25, 0.3) is 5.91 Å². The number of benzene rings is 2. The Morgan fingerprint density at radius 1 is 1.08 bits per heavy atom. The molecule has 0 unspecified atom stereocenters. The van der Waals surface area contributed by atoms with Crippen LogP contribution in [0.4, 0.5) is 0 Å². The number of ether oxygens (including phenoxy) is 1. The van der Waals surface area contributed by atoms with Crippen LogP contribution in [0.3, 0.4) is 0 Å². The molecule has 1 heterocycles. The monoisotopic (exact) mass is 362 g/mol. The molecule has 0 saturated heterocycles. The predicted octanol–water partition coefficient (Wildman–Crippen LogP) is 3.46. The average Bonchev–Trinajstić information content (AvgIpc) is 3.05. The molecule has 122 valence electrons. The number of hydrogen-bond acceptors (Lipinski definition) is 4. The van der Waals surface area contributed by atoms with E-state index < -0.39 is 5.91 Å². The molecular weight excluding hydrogens is 351 g/mol. The highest BCUT2D eigenvalue weighted by Crippen LogP contribution is 2.33. The molecule has 0 radical (unpaired) electrons. The molecule has 1 amide bonds. The fourth-order valence-corrected chi connectivity index (χ4v) is 2.44. The van der Waals surface area contributed by atoms with E-state index in [1.54, 1.807) is 30.3 Å². The third kappa shape index (κ3) is 3.50. The number of aromatic nitrogens is 3. The Morgan fingerprint density at radius 2 is 1.79 bits per heavy atom.